The molecule has 2 rings (SSSR count). The zero-order valence-corrected chi connectivity index (χ0v) is 15.1. The zero-order chi connectivity index (χ0) is 15.2. The standard InChI is InChI=1S/C17H19ClINO/c1-12(2)20-10-14-4-3-5-16(18)17(14)21-11-13-6-8-15(19)9-7-13/h3-9,12,20H,10-11H2,1-2H3. The van der Waals surface area contributed by atoms with Crippen LogP contribution >= 0.6 is 34.2 Å². The summed E-state index contributed by atoms with van der Waals surface area (Å²) in [5, 5.41) is 4.05. The third-order valence-electron chi connectivity index (χ3n) is 3.05. The Bertz CT molecular complexity index is 584. The van der Waals surface area contributed by atoms with Gasteiger partial charge in [-0.05, 0) is 46.4 Å². The molecule has 1 N–H and O–H groups in total. The summed E-state index contributed by atoms with van der Waals surface area (Å²) in [6, 6.07) is 14.6. The highest BCUT2D eigenvalue weighted by Crippen LogP contribution is 2.29. The molecule has 21 heavy (non-hydrogen) atoms. The lowest BCUT2D eigenvalue weighted by Gasteiger charge is -2.15. The number of nitrogens with one attached hydrogen (secondary N) is 1. The van der Waals surface area contributed by atoms with Gasteiger partial charge in [-0.15, -0.1) is 0 Å². The van der Waals surface area contributed by atoms with Gasteiger partial charge in [-0.25, -0.2) is 0 Å². The summed E-state index contributed by atoms with van der Waals surface area (Å²) in [4.78, 5) is 0. The zero-order valence-electron chi connectivity index (χ0n) is 12.2. The highest BCUT2D eigenvalue weighted by molar-refractivity contribution is 14.1. The van der Waals surface area contributed by atoms with E-state index in [1.807, 2.05) is 18.2 Å². The van der Waals surface area contributed by atoms with Crippen molar-refractivity contribution in [3.05, 3.63) is 62.2 Å². The lowest BCUT2D eigenvalue weighted by atomic mass is 10.2. The highest BCUT2D eigenvalue weighted by atomic mass is 127. The third kappa shape index (κ3) is 5.16. The lowest BCUT2D eigenvalue weighted by molar-refractivity contribution is 0.302. The van der Waals surface area contributed by atoms with Crippen molar-refractivity contribution in [2.75, 3.05) is 0 Å². The average molecular weight is 416 g/mol. The molecule has 0 atom stereocenters. The molecule has 0 radical (unpaired) electrons. The third-order valence-corrected chi connectivity index (χ3v) is 4.06. The van der Waals surface area contributed by atoms with Crippen molar-refractivity contribution in [1.29, 1.82) is 0 Å². The van der Waals surface area contributed by atoms with E-state index in [4.69, 9.17) is 16.3 Å². The van der Waals surface area contributed by atoms with E-state index in [2.05, 4.69) is 66.0 Å². The minimum atomic E-state index is 0.424. The summed E-state index contributed by atoms with van der Waals surface area (Å²) in [6.07, 6.45) is 0. The summed E-state index contributed by atoms with van der Waals surface area (Å²) < 4.78 is 7.17. The van der Waals surface area contributed by atoms with Crippen LogP contribution in [0.4, 0.5) is 0 Å². The Morgan fingerprint density at radius 1 is 1.14 bits per heavy atom. The Morgan fingerprint density at radius 3 is 2.52 bits per heavy atom. The first-order valence-electron chi connectivity index (χ1n) is 6.94. The van der Waals surface area contributed by atoms with Gasteiger partial charge in [0.1, 0.15) is 12.4 Å². The van der Waals surface area contributed by atoms with E-state index in [9.17, 15) is 0 Å². The van der Waals surface area contributed by atoms with Gasteiger partial charge in [-0.1, -0.05) is 49.7 Å². The molecule has 0 saturated carbocycles. The molecule has 2 nitrogen and oxygen atoms in total. The van der Waals surface area contributed by atoms with Crippen molar-refractivity contribution in [2.24, 2.45) is 0 Å². The van der Waals surface area contributed by atoms with Crippen molar-refractivity contribution < 1.29 is 4.74 Å². The van der Waals surface area contributed by atoms with Gasteiger partial charge in [-0.3, -0.25) is 0 Å². The molecule has 0 bridgehead atoms. The molecule has 0 heterocycles. The van der Waals surface area contributed by atoms with Gasteiger partial charge in [0.25, 0.3) is 0 Å². The molecule has 0 unspecified atom stereocenters. The smallest absolute Gasteiger partial charge is 0.142 e. The second-order valence-electron chi connectivity index (χ2n) is 5.18. The average Bonchev–Trinajstić information content (AvgIpc) is 2.46. The minimum absolute atomic E-state index is 0.424. The van der Waals surface area contributed by atoms with E-state index in [-0.39, 0.29) is 0 Å². The van der Waals surface area contributed by atoms with E-state index >= 15 is 0 Å². The predicted molar refractivity (Wildman–Crippen MR) is 96.9 cm³/mol. The monoisotopic (exact) mass is 415 g/mol. The molecule has 0 aliphatic heterocycles. The fraction of sp³-hybridized carbons (Fsp3) is 0.294. The summed E-state index contributed by atoms with van der Waals surface area (Å²) in [5.74, 6) is 0.769. The van der Waals surface area contributed by atoms with Crippen LogP contribution in [-0.4, -0.2) is 6.04 Å². The molecular weight excluding hydrogens is 397 g/mol. The van der Waals surface area contributed by atoms with Crippen LogP contribution in [-0.2, 0) is 13.2 Å². The maximum atomic E-state index is 6.28. The maximum absolute atomic E-state index is 6.28. The van der Waals surface area contributed by atoms with Crippen molar-refractivity contribution in [3.63, 3.8) is 0 Å². The van der Waals surface area contributed by atoms with Crippen molar-refractivity contribution >= 4 is 34.2 Å². The lowest BCUT2D eigenvalue weighted by Crippen LogP contribution is -2.22. The van der Waals surface area contributed by atoms with Gasteiger partial charge in [-0.2, -0.15) is 0 Å². The van der Waals surface area contributed by atoms with Gasteiger partial charge in [0, 0.05) is 21.7 Å². The fourth-order valence-corrected chi connectivity index (χ4v) is 2.51. The summed E-state index contributed by atoms with van der Waals surface area (Å²) in [6.45, 7) is 5.52. The number of halogens is 2. The van der Waals surface area contributed by atoms with Gasteiger partial charge in [0.05, 0.1) is 5.02 Å². The second kappa shape index (κ2) is 8.01. The van der Waals surface area contributed by atoms with Gasteiger partial charge >= 0.3 is 0 Å². The second-order valence-corrected chi connectivity index (χ2v) is 6.83. The van der Waals surface area contributed by atoms with Crippen LogP contribution in [0.5, 0.6) is 5.75 Å². The molecule has 0 spiro atoms. The summed E-state index contributed by atoms with van der Waals surface area (Å²) in [7, 11) is 0. The van der Waals surface area contributed by atoms with Crippen LogP contribution in [0.25, 0.3) is 0 Å². The number of hydrogen-bond donors (Lipinski definition) is 1. The molecule has 2 aromatic rings. The number of para-hydroxylation sites is 1. The molecule has 4 heteroatoms. The first-order chi connectivity index (χ1) is 10.1. The Kier molecular flexibility index (Phi) is 6.33. The quantitative estimate of drug-likeness (QED) is 0.669. The maximum Gasteiger partial charge on any atom is 0.142 e. The van der Waals surface area contributed by atoms with Crippen LogP contribution in [0.1, 0.15) is 25.0 Å². The predicted octanol–water partition coefficient (Wildman–Crippen LogP) is 5.02. The van der Waals surface area contributed by atoms with E-state index in [0.717, 1.165) is 23.4 Å². The van der Waals surface area contributed by atoms with E-state index in [1.165, 1.54) is 3.57 Å². The topological polar surface area (TPSA) is 21.3 Å². The van der Waals surface area contributed by atoms with E-state index < -0.39 is 0 Å². The molecular formula is C17H19ClINO. The van der Waals surface area contributed by atoms with Gasteiger partial charge in [0.15, 0.2) is 0 Å². The first-order valence-corrected chi connectivity index (χ1v) is 8.40. The molecule has 112 valence electrons. The van der Waals surface area contributed by atoms with Crippen molar-refractivity contribution in [1.82, 2.24) is 5.32 Å². The Morgan fingerprint density at radius 2 is 1.86 bits per heavy atom. The van der Waals surface area contributed by atoms with Crippen molar-refractivity contribution in [3.8, 4) is 5.75 Å². The Labute approximate surface area is 145 Å². The van der Waals surface area contributed by atoms with Gasteiger partial charge < -0.3 is 10.1 Å². The van der Waals surface area contributed by atoms with E-state index in [0.29, 0.717) is 17.7 Å². The largest absolute Gasteiger partial charge is 0.487 e. The normalized spacial score (nSPS) is 10.9. The van der Waals surface area contributed by atoms with Crippen LogP contribution in [0, 0.1) is 3.57 Å². The number of rotatable bonds is 6. The molecule has 0 amide bonds. The molecule has 2 aromatic carbocycles. The fourth-order valence-electron chi connectivity index (χ4n) is 1.90. The van der Waals surface area contributed by atoms with Crippen LogP contribution in [0.2, 0.25) is 5.02 Å². The van der Waals surface area contributed by atoms with Gasteiger partial charge in [0.2, 0.25) is 0 Å². The van der Waals surface area contributed by atoms with Crippen molar-refractivity contribution in [2.45, 2.75) is 33.0 Å². The SMILES string of the molecule is CC(C)NCc1cccc(Cl)c1OCc1ccc(I)cc1. The molecule has 0 aliphatic rings. The van der Waals surface area contributed by atoms with Crippen LogP contribution < -0.4 is 10.1 Å². The Hall–Kier alpha value is -0.780. The first kappa shape index (κ1) is 16.6. The molecule has 0 aliphatic carbocycles. The molecule has 0 aromatic heterocycles. The summed E-state index contributed by atoms with van der Waals surface area (Å²) in [5.41, 5.74) is 2.22. The number of benzene rings is 2. The Balaban J connectivity index is 2.09. The van der Waals surface area contributed by atoms with Crippen LogP contribution in [0.15, 0.2) is 42.5 Å². The van der Waals surface area contributed by atoms with Crippen LogP contribution in [0.3, 0.4) is 0 Å². The molecule has 0 fully saturated rings. The highest BCUT2D eigenvalue weighted by Gasteiger charge is 2.09. The minimum Gasteiger partial charge on any atom is -0.487 e. The number of ether oxygens (including phenoxy) is 1. The number of hydrogen-bond acceptors (Lipinski definition) is 2. The van der Waals surface area contributed by atoms with E-state index in [1.54, 1.807) is 0 Å². The molecule has 0 saturated heterocycles. The summed E-state index contributed by atoms with van der Waals surface area (Å²) >= 11 is 8.58.